The molecule has 7 heteroatoms. The van der Waals surface area contributed by atoms with E-state index in [1.165, 1.54) is 17.8 Å². The quantitative estimate of drug-likeness (QED) is 0.359. The maximum atomic E-state index is 11.0. The second kappa shape index (κ2) is 6.47. The predicted octanol–water partition coefficient (Wildman–Crippen LogP) is 4.89. The lowest BCUT2D eigenvalue weighted by atomic mass is 10.2. The molecule has 0 spiro atoms. The van der Waals surface area contributed by atoms with Crippen molar-refractivity contribution in [2.24, 2.45) is 0 Å². The van der Waals surface area contributed by atoms with Crippen LogP contribution in [-0.2, 0) is 5.75 Å². The molecule has 0 fully saturated rings. The number of nitrogens with zero attached hydrogens (tertiary/aromatic N) is 1. The first-order valence-corrected chi connectivity index (χ1v) is 7.73. The molecule has 104 valence electrons. The summed E-state index contributed by atoms with van der Waals surface area (Å²) in [4.78, 5) is 11.5. The molecule has 2 N–H and O–H groups in total. The van der Waals surface area contributed by atoms with Crippen LogP contribution in [0.2, 0.25) is 5.02 Å². The molecule has 0 saturated carbocycles. The Balaban J connectivity index is 2.20. The molecule has 0 aromatic heterocycles. The number of nitro groups is 1. The van der Waals surface area contributed by atoms with E-state index in [1.54, 1.807) is 24.3 Å². The van der Waals surface area contributed by atoms with E-state index in [0.717, 1.165) is 4.90 Å². The highest BCUT2D eigenvalue weighted by Gasteiger charge is 2.14. The van der Waals surface area contributed by atoms with Gasteiger partial charge in [0.05, 0.1) is 9.95 Å². The second-order valence-electron chi connectivity index (χ2n) is 4.01. The van der Waals surface area contributed by atoms with Gasteiger partial charge >= 0.3 is 0 Å². The van der Waals surface area contributed by atoms with Gasteiger partial charge in [-0.05, 0) is 24.3 Å². The van der Waals surface area contributed by atoms with E-state index in [-0.39, 0.29) is 10.6 Å². The van der Waals surface area contributed by atoms with Crippen LogP contribution in [0.4, 0.5) is 11.4 Å². The highest BCUT2D eigenvalue weighted by molar-refractivity contribution is 9.10. The first kappa shape index (κ1) is 15.2. The number of rotatable bonds is 4. The van der Waals surface area contributed by atoms with Crippen molar-refractivity contribution < 1.29 is 4.92 Å². The molecule has 0 bridgehead atoms. The molecular formula is C13H10BrClN2O2S. The fourth-order valence-electron chi connectivity index (χ4n) is 1.62. The number of hydrogen-bond donors (Lipinski definition) is 1. The minimum atomic E-state index is -0.384. The maximum Gasteiger partial charge on any atom is 0.274 e. The lowest BCUT2D eigenvalue weighted by Gasteiger charge is -2.06. The van der Waals surface area contributed by atoms with E-state index < -0.39 is 0 Å². The van der Waals surface area contributed by atoms with Gasteiger partial charge in [0.25, 0.3) is 5.69 Å². The van der Waals surface area contributed by atoms with Gasteiger partial charge in [-0.3, -0.25) is 10.1 Å². The van der Waals surface area contributed by atoms with Crippen molar-refractivity contribution in [3.8, 4) is 0 Å². The number of thioether (sulfide) groups is 1. The molecule has 2 aromatic carbocycles. The van der Waals surface area contributed by atoms with E-state index >= 15 is 0 Å². The third-order valence-corrected chi connectivity index (χ3v) is 4.62. The molecule has 2 rings (SSSR count). The van der Waals surface area contributed by atoms with Crippen LogP contribution in [0.25, 0.3) is 0 Å². The highest BCUT2D eigenvalue weighted by Crippen LogP contribution is 2.34. The Bertz CT molecular complexity index is 667. The van der Waals surface area contributed by atoms with E-state index in [0.29, 0.717) is 26.5 Å². The fraction of sp³-hybridized carbons (Fsp3) is 0.0769. The standard InChI is InChI=1S/C13H10BrClN2O2S/c14-9-2-1-8(12(5-9)17(18)19)7-20-13-4-3-10(16)6-11(13)15/h1-6H,7,16H2. The van der Waals surface area contributed by atoms with Gasteiger partial charge in [0, 0.05) is 32.4 Å². The van der Waals surface area contributed by atoms with Gasteiger partial charge in [-0.1, -0.05) is 33.6 Å². The number of nitrogen functional groups attached to an aromatic ring is 1. The van der Waals surface area contributed by atoms with Crippen LogP contribution in [0.1, 0.15) is 5.56 Å². The first-order valence-electron chi connectivity index (χ1n) is 5.58. The topological polar surface area (TPSA) is 69.2 Å². The predicted molar refractivity (Wildman–Crippen MR) is 86.2 cm³/mol. The van der Waals surface area contributed by atoms with E-state index in [1.807, 2.05) is 6.07 Å². The van der Waals surface area contributed by atoms with E-state index in [9.17, 15) is 10.1 Å². The van der Waals surface area contributed by atoms with Gasteiger partial charge in [-0.2, -0.15) is 0 Å². The van der Waals surface area contributed by atoms with E-state index in [4.69, 9.17) is 17.3 Å². The number of hydrogen-bond acceptors (Lipinski definition) is 4. The van der Waals surface area contributed by atoms with Crippen molar-refractivity contribution in [3.63, 3.8) is 0 Å². The number of benzene rings is 2. The molecule has 0 saturated heterocycles. The van der Waals surface area contributed by atoms with Crippen molar-refractivity contribution in [1.82, 2.24) is 0 Å². The Labute approximate surface area is 133 Å². The van der Waals surface area contributed by atoms with Gasteiger partial charge < -0.3 is 5.73 Å². The first-order chi connectivity index (χ1) is 9.47. The van der Waals surface area contributed by atoms with Gasteiger partial charge in [0.2, 0.25) is 0 Å². The van der Waals surface area contributed by atoms with Gasteiger partial charge in [0.15, 0.2) is 0 Å². The number of nitro benzene ring substituents is 1. The second-order valence-corrected chi connectivity index (χ2v) is 6.35. The Hall–Kier alpha value is -1.24. The summed E-state index contributed by atoms with van der Waals surface area (Å²) in [5, 5.41) is 11.6. The van der Waals surface area contributed by atoms with Crippen LogP contribution in [-0.4, -0.2) is 4.92 Å². The molecule has 20 heavy (non-hydrogen) atoms. The van der Waals surface area contributed by atoms with Crippen LogP contribution in [0.5, 0.6) is 0 Å². The van der Waals surface area contributed by atoms with E-state index in [2.05, 4.69) is 15.9 Å². The average Bonchev–Trinajstić information content (AvgIpc) is 2.38. The number of halogens is 2. The van der Waals surface area contributed by atoms with Gasteiger partial charge in [-0.25, -0.2) is 0 Å². The third kappa shape index (κ3) is 3.65. The molecule has 2 aromatic rings. The molecule has 0 aliphatic rings. The molecule has 0 radical (unpaired) electrons. The lowest BCUT2D eigenvalue weighted by Crippen LogP contribution is -1.94. The van der Waals surface area contributed by atoms with Crippen molar-refractivity contribution >= 4 is 50.7 Å². The number of nitrogens with two attached hydrogens (primary N) is 1. The minimum Gasteiger partial charge on any atom is -0.399 e. The zero-order valence-electron chi connectivity index (χ0n) is 10.2. The maximum absolute atomic E-state index is 11.0. The normalized spacial score (nSPS) is 10.5. The fourth-order valence-corrected chi connectivity index (χ4v) is 3.24. The summed E-state index contributed by atoms with van der Waals surface area (Å²) in [5.41, 5.74) is 6.96. The Morgan fingerprint density at radius 1 is 1.30 bits per heavy atom. The molecule has 4 nitrogen and oxygen atoms in total. The molecule has 0 heterocycles. The molecule has 0 aliphatic carbocycles. The van der Waals surface area contributed by atoms with Crippen molar-refractivity contribution in [2.45, 2.75) is 10.6 Å². The zero-order valence-corrected chi connectivity index (χ0v) is 13.3. The van der Waals surface area contributed by atoms with Crippen LogP contribution in [0, 0.1) is 10.1 Å². The largest absolute Gasteiger partial charge is 0.399 e. The highest BCUT2D eigenvalue weighted by atomic mass is 79.9. The average molecular weight is 374 g/mol. The smallest absolute Gasteiger partial charge is 0.274 e. The van der Waals surface area contributed by atoms with Crippen LogP contribution in [0.15, 0.2) is 45.8 Å². The van der Waals surface area contributed by atoms with Crippen molar-refractivity contribution in [2.75, 3.05) is 5.73 Å². The van der Waals surface area contributed by atoms with Gasteiger partial charge in [-0.15, -0.1) is 11.8 Å². The summed E-state index contributed by atoms with van der Waals surface area (Å²) in [6, 6.07) is 10.3. The summed E-state index contributed by atoms with van der Waals surface area (Å²) in [7, 11) is 0. The molecular weight excluding hydrogens is 364 g/mol. The molecule has 0 atom stereocenters. The van der Waals surface area contributed by atoms with Crippen molar-refractivity contribution in [3.05, 3.63) is 61.6 Å². The minimum absolute atomic E-state index is 0.0958. The third-order valence-electron chi connectivity index (χ3n) is 2.58. The van der Waals surface area contributed by atoms with Gasteiger partial charge in [0.1, 0.15) is 0 Å². The molecule has 0 aliphatic heterocycles. The summed E-state index contributed by atoms with van der Waals surface area (Å²) < 4.78 is 0.684. The van der Waals surface area contributed by atoms with Crippen LogP contribution < -0.4 is 5.73 Å². The molecule has 0 unspecified atom stereocenters. The Kier molecular flexibility index (Phi) is 4.91. The molecule has 0 amide bonds. The zero-order chi connectivity index (χ0) is 14.7. The summed E-state index contributed by atoms with van der Waals surface area (Å²) in [6.45, 7) is 0. The summed E-state index contributed by atoms with van der Waals surface area (Å²) in [5.74, 6) is 0.466. The SMILES string of the molecule is Nc1ccc(SCc2ccc(Br)cc2[N+](=O)[O-])c(Cl)c1. The van der Waals surface area contributed by atoms with Crippen molar-refractivity contribution in [1.29, 1.82) is 0 Å². The van der Waals surface area contributed by atoms with Crippen LogP contribution >= 0.6 is 39.3 Å². The number of anilines is 1. The summed E-state index contributed by atoms with van der Waals surface area (Å²) >= 11 is 10.8. The Morgan fingerprint density at radius 2 is 2.05 bits per heavy atom. The monoisotopic (exact) mass is 372 g/mol. The van der Waals surface area contributed by atoms with Crippen LogP contribution in [0.3, 0.4) is 0 Å². The lowest BCUT2D eigenvalue weighted by molar-refractivity contribution is -0.385. The Morgan fingerprint density at radius 3 is 2.70 bits per heavy atom. The summed E-state index contributed by atoms with van der Waals surface area (Å²) in [6.07, 6.45) is 0.